The van der Waals surface area contributed by atoms with Crippen LogP contribution in [0.15, 0.2) is 181 Å². The molecule has 0 N–H and O–H groups in total. The first-order valence-electron chi connectivity index (χ1n) is 18.6. The van der Waals surface area contributed by atoms with Gasteiger partial charge in [0.2, 0.25) is 0 Å². The maximum absolute atomic E-state index is 6.62. The summed E-state index contributed by atoms with van der Waals surface area (Å²) in [5.74, 6) is 0. The standard InChI is InChI=1S/C51H29N3O/c1-3-18-36-34(16-1)45(35-17-2-4-19-37(35)46(36)42-29-32-14-10-26-52-49(32)50-38(42)21-11-27-53-50)30-12-9-13-31(28-30)48-41-25-24-39-33-15-6-8-23-44(33)55-51(39)47(41)40-20-5-7-22-43(40)54-48/h1-29H. The van der Waals surface area contributed by atoms with Crippen molar-refractivity contribution >= 4 is 87.0 Å². The SMILES string of the molecule is c1cc(-c2c3ccccc3c(-c3cc4cccnc4c4ncccc34)c3ccccc23)cc(-c2nc3ccccc3c3c2ccc2c4ccccc4oc23)c1. The molecule has 0 radical (unpaired) electrons. The summed E-state index contributed by atoms with van der Waals surface area (Å²) in [6.07, 6.45) is 3.71. The molecule has 0 atom stereocenters. The lowest BCUT2D eigenvalue weighted by molar-refractivity contribution is 0.673. The summed E-state index contributed by atoms with van der Waals surface area (Å²) in [5.41, 5.74) is 11.2. The number of aromatic nitrogens is 3. The Morgan fingerprint density at radius 1 is 0.400 bits per heavy atom. The second-order valence-corrected chi connectivity index (χ2v) is 14.3. The number of fused-ring (bicyclic) bond motifs is 12. The second-order valence-electron chi connectivity index (χ2n) is 14.3. The van der Waals surface area contributed by atoms with Crippen molar-refractivity contribution in [2.45, 2.75) is 0 Å². The molecule has 0 unspecified atom stereocenters. The van der Waals surface area contributed by atoms with E-state index in [0.29, 0.717) is 0 Å². The highest BCUT2D eigenvalue weighted by atomic mass is 16.3. The van der Waals surface area contributed by atoms with Crippen LogP contribution < -0.4 is 0 Å². The van der Waals surface area contributed by atoms with Crippen LogP contribution in [-0.4, -0.2) is 15.0 Å². The summed E-state index contributed by atoms with van der Waals surface area (Å²) in [6.45, 7) is 0. The van der Waals surface area contributed by atoms with Crippen LogP contribution in [0.1, 0.15) is 0 Å². The van der Waals surface area contributed by atoms with Crippen LogP contribution in [0.4, 0.5) is 0 Å². The first-order valence-corrected chi connectivity index (χ1v) is 18.6. The van der Waals surface area contributed by atoms with E-state index in [4.69, 9.17) is 19.4 Å². The summed E-state index contributed by atoms with van der Waals surface area (Å²) < 4.78 is 6.62. The minimum atomic E-state index is 0.890. The monoisotopic (exact) mass is 699 g/mol. The van der Waals surface area contributed by atoms with Gasteiger partial charge in [0.1, 0.15) is 11.2 Å². The van der Waals surface area contributed by atoms with Crippen LogP contribution in [-0.2, 0) is 0 Å². The molecule has 8 aromatic carbocycles. The highest BCUT2D eigenvalue weighted by Crippen LogP contribution is 2.47. The van der Waals surface area contributed by atoms with Crippen LogP contribution in [0.25, 0.3) is 120 Å². The Kier molecular flexibility index (Phi) is 6.31. The molecule has 12 rings (SSSR count). The zero-order chi connectivity index (χ0) is 36.0. The van der Waals surface area contributed by atoms with Crippen LogP contribution in [0.5, 0.6) is 0 Å². The fraction of sp³-hybridized carbons (Fsp3) is 0. The fourth-order valence-electron chi connectivity index (χ4n) is 8.97. The van der Waals surface area contributed by atoms with Gasteiger partial charge in [0.15, 0.2) is 0 Å². The molecular formula is C51H29N3O. The maximum Gasteiger partial charge on any atom is 0.144 e. The molecule has 4 aromatic heterocycles. The highest BCUT2D eigenvalue weighted by Gasteiger charge is 2.21. The molecule has 4 heterocycles. The molecule has 0 aliphatic carbocycles. The van der Waals surface area contributed by atoms with E-state index in [9.17, 15) is 0 Å². The van der Waals surface area contributed by atoms with Crippen molar-refractivity contribution in [3.05, 3.63) is 176 Å². The molecule has 0 aliphatic heterocycles. The Morgan fingerprint density at radius 2 is 1.02 bits per heavy atom. The molecule has 55 heavy (non-hydrogen) atoms. The van der Waals surface area contributed by atoms with E-state index in [-0.39, 0.29) is 0 Å². The molecule has 0 bridgehead atoms. The molecule has 0 aliphatic rings. The normalized spacial score (nSPS) is 12.0. The van der Waals surface area contributed by atoms with Crippen molar-refractivity contribution in [1.29, 1.82) is 0 Å². The van der Waals surface area contributed by atoms with Gasteiger partial charge < -0.3 is 4.42 Å². The number of hydrogen-bond acceptors (Lipinski definition) is 4. The van der Waals surface area contributed by atoms with Crippen molar-refractivity contribution in [3.8, 4) is 33.5 Å². The van der Waals surface area contributed by atoms with Gasteiger partial charge in [0, 0.05) is 55.7 Å². The van der Waals surface area contributed by atoms with Crippen molar-refractivity contribution in [1.82, 2.24) is 15.0 Å². The molecule has 0 fully saturated rings. The van der Waals surface area contributed by atoms with Gasteiger partial charge in [-0.1, -0.05) is 121 Å². The highest BCUT2D eigenvalue weighted by molar-refractivity contribution is 6.26. The van der Waals surface area contributed by atoms with Crippen molar-refractivity contribution in [3.63, 3.8) is 0 Å². The van der Waals surface area contributed by atoms with Crippen molar-refractivity contribution in [2.75, 3.05) is 0 Å². The van der Waals surface area contributed by atoms with E-state index >= 15 is 0 Å². The molecule has 4 heteroatoms. The maximum atomic E-state index is 6.62. The molecule has 0 saturated heterocycles. The number of furan rings is 1. The number of rotatable bonds is 3. The Morgan fingerprint density at radius 3 is 1.82 bits per heavy atom. The second kappa shape index (κ2) is 11.5. The third kappa shape index (κ3) is 4.37. The minimum absolute atomic E-state index is 0.890. The smallest absolute Gasteiger partial charge is 0.144 e. The van der Waals surface area contributed by atoms with E-state index in [1.54, 1.807) is 0 Å². The van der Waals surface area contributed by atoms with Crippen LogP contribution in [0.3, 0.4) is 0 Å². The predicted octanol–water partition coefficient (Wildman–Crippen LogP) is 13.7. The van der Waals surface area contributed by atoms with E-state index in [1.807, 2.05) is 36.7 Å². The Labute approximate surface area is 315 Å². The first-order chi connectivity index (χ1) is 27.3. The van der Waals surface area contributed by atoms with Gasteiger partial charge in [0.05, 0.1) is 22.2 Å². The van der Waals surface area contributed by atoms with Gasteiger partial charge in [-0.05, 0) is 86.3 Å². The summed E-state index contributed by atoms with van der Waals surface area (Å²) in [6, 6.07) is 58.2. The summed E-state index contributed by atoms with van der Waals surface area (Å²) in [4.78, 5) is 14.9. The Hall–Kier alpha value is -7.43. The number of benzene rings is 8. The van der Waals surface area contributed by atoms with Gasteiger partial charge in [-0.3, -0.25) is 9.97 Å². The first kappa shape index (κ1) is 30.1. The Balaban J connectivity index is 1.14. The van der Waals surface area contributed by atoms with Gasteiger partial charge in [-0.25, -0.2) is 4.98 Å². The van der Waals surface area contributed by atoms with Crippen molar-refractivity contribution < 1.29 is 4.42 Å². The van der Waals surface area contributed by atoms with Crippen LogP contribution >= 0.6 is 0 Å². The average molecular weight is 700 g/mol. The molecule has 4 nitrogen and oxygen atoms in total. The average Bonchev–Trinajstić information content (AvgIpc) is 3.64. The summed E-state index contributed by atoms with van der Waals surface area (Å²) in [5, 5.41) is 12.4. The van der Waals surface area contributed by atoms with Gasteiger partial charge in [-0.2, -0.15) is 0 Å². The third-order valence-electron chi connectivity index (χ3n) is 11.3. The molecule has 0 amide bonds. The van der Waals surface area contributed by atoms with Crippen molar-refractivity contribution in [2.24, 2.45) is 0 Å². The fourth-order valence-corrected chi connectivity index (χ4v) is 8.97. The number of pyridine rings is 3. The number of hydrogen-bond donors (Lipinski definition) is 0. The molecular weight excluding hydrogens is 671 g/mol. The van der Waals surface area contributed by atoms with E-state index < -0.39 is 0 Å². The molecule has 254 valence electrons. The van der Waals surface area contributed by atoms with Crippen LogP contribution in [0.2, 0.25) is 0 Å². The van der Waals surface area contributed by atoms with Crippen LogP contribution in [0, 0.1) is 0 Å². The third-order valence-corrected chi connectivity index (χ3v) is 11.3. The minimum Gasteiger partial charge on any atom is -0.455 e. The number of nitrogens with zero attached hydrogens (tertiary/aromatic N) is 3. The zero-order valence-electron chi connectivity index (χ0n) is 29.5. The number of para-hydroxylation sites is 2. The molecule has 0 saturated carbocycles. The van der Waals surface area contributed by atoms with E-state index in [1.165, 1.54) is 32.7 Å². The van der Waals surface area contributed by atoms with Gasteiger partial charge in [0.25, 0.3) is 0 Å². The van der Waals surface area contributed by atoms with Gasteiger partial charge >= 0.3 is 0 Å². The lowest BCUT2D eigenvalue weighted by Gasteiger charge is -2.19. The quantitative estimate of drug-likeness (QED) is 0.136. The Bertz CT molecular complexity index is 3510. The predicted molar refractivity (Wildman–Crippen MR) is 228 cm³/mol. The molecule has 12 aromatic rings. The summed E-state index contributed by atoms with van der Waals surface area (Å²) >= 11 is 0. The van der Waals surface area contributed by atoms with Gasteiger partial charge in [-0.15, -0.1) is 0 Å². The topological polar surface area (TPSA) is 51.8 Å². The van der Waals surface area contributed by atoms with E-state index in [2.05, 4.69) is 140 Å². The largest absolute Gasteiger partial charge is 0.455 e. The zero-order valence-corrected chi connectivity index (χ0v) is 29.5. The van der Waals surface area contributed by atoms with E-state index in [0.717, 1.165) is 87.8 Å². The lowest BCUT2D eigenvalue weighted by atomic mass is 9.84. The summed E-state index contributed by atoms with van der Waals surface area (Å²) in [7, 11) is 0. The lowest BCUT2D eigenvalue weighted by Crippen LogP contribution is -1.94. The molecule has 0 spiro atoms.